The van der Waals surface area contributed by atoms with Gasteiger partial charge in [0, 0.05) is 67.0 Å². The minimum atomic E-state index is -0.274. The third kappa shape index (κ3) is 8.44. The van der Waals surface area contributed by atoms with Crippen LogP contribution in [0.25, 0.3) is 0 Å². The van der Waals surface area contributed by atoms with Gasteiger partial charge in [-0.3, -0.25) is 14.5 Å². The van der Waals surface area contributed by atoms with Gasteiger partial charge in [-0.15, -0.1) is 0 Å². The van der Waals surface area contributed by atoms with Crippen molar-refractivity contribution in [2.75, 3.05) is 70.1 Å². The fourth-order valence-corrected chi connectivity index (χ4v) is 4.82. The molecule has 39 heavy (non-hydrogen) atoms. The van der Waals surface area contributed by atoms with Crippen LogP contribution in [0.3, 0.4) is 0 Å². The van der Waals surface area contributed by atoms with Crippen molar-refractivity contribution in [1.29, 1.82) is 0 Å². The van der Waals surface area contributed by atoms with Crippen LogP contribution in [-0.4, -0.2) is 81.5 Å². The zero-order valence-corrected chi connectivity index (χ0v) is 23.9. The number of carbonyl (C=O) groups is 2. The number of hydrogen-bond acceptors (Lipinski definition) is 5. The second-order valence-corrected chi connectivity index (χ2v) is 10.8. The number of likely N-dealkylation sites (N-methyl/N-ethyl adjacent to an activating group) is 1. The van der Waals surface area contributed by atoms with Gasteiger partial charge >= 0.3 is 0 Å². The molecular weight excluding hydrogens is 533 g/mol. The van der Waals surface area contributed by atoms with Crippen LogP contribution < -0.4 is 15.5 Å². The monoisotopic (exact) mass is 567 g/mol. The van der Waals surface area contributed by atoms with Crippen LogP contribution >= 0.6 is 23.2 Å². The molecule has 206 valence electrons. The molecule has 9 heteroatoms. The number of piperazine rings is 1. The van der Waals surface area contributed by atoms with Crippen molar-refractivity contribution in [2.45, 2.75) is 6.42 Å². The Hall–Kier alpha value is -3.10. The van der Waals surface area contributed by atoms with Gasteiger partial charge in [-0.2, -0.15) is 0 Å². The molecule has 0 aliphatic carbocycles. The average molecular weight is 569 g/mol. The highest BCUT2D eigenvalue weighted by Gasteiger charge is 2.21. The van der Waals surface area contributed by atoms with E-state index in [4.69, 9.17) is 23.2 Å². The van der Waals surface area contributed by atoms with E-state index >= 15 is 0 Å². The van der Waals surface area contributed by atoms with Crippen molar-refractivity contribution >= 4 is 46.4 Å². The number of halogens is 2. The number of nitrogens with zero attached hydrogens (tertiary/aromatic N) is 3. The number of nitrogens with one attached hydrogen (secondary N) is 2. The molecule has 0 spiro atoms. The maximum Gasteiger partial charge on any atom is 0.255 e. The van der Waals surface area contributed by atoms with Crippen molar-refractivity contribution < 1.29 is 9.59 Å². The molecule has 7 nitrogen and oxygen atoms in total. The molecule has 1 saturated heterocycles. The number of hydrogen-bond donors (Lipinski definition) is 2. The third-order valence-corrected chi connectivity index (χ3v) is 7.27. The Labute approximate surface area is 240 Å². The lowest BCUT2D eigenvalue weighted by Gasteiger charge is -2.37. The molecule has 0 radical (unpaired) electrons. The summed E-state index contributed by atoms with van der Waals surface area (Å²) in [7, 11) is 4.17. The largest absolute Gasteiger partial charge is 0.367 e. The van der Waals surface area contributed by atoms with Crippen LogP contribution in [-0.2, 0) is 6.42 Å². The van der Waals surface area contributed by atoms with E-state index in [0.29, 0.717) is 39.8 Å². The first-order chi connectivity index (χ1) is 18.8. The smallest absolute Gasteiger partial charge is 0.255 e. The quantitative estimate of drug-likeness (QED) is 0.364. The first kappa shape index (κ1) is 28.9. The molecule has 1 aliphatic heterocycles. The molecule has 2 N–H and O–H groups in total. The van der Waals surface area contributed by atoms with Gasteiger partial charge in [0.15, 0.2) is 0 Å². The highest BCUT2D eigenvalue weighted by atomic mass is 35.5. The van der Waals surface area contributed by atoms with Crippen molar-refractivity contribution in [2.24, 2.45) is 0 Å². The molecule has 3 aromatic carbocycles. The predicted molar refractivity (Wildman–Crippen MR) is 161 cm³/mol. The highest BCUT2D eigenvalue weighted by Crippen LogP contribution is 2.29. The third-order valence-electron chi connectivity index (χ3n) is 6.78. The molecular formula is C30H35Cl2N5O2. The minimum absolute atomic E-state index is 0.192. The van der Waals surface area contributed by atoms with Crippen molar-refractivity contribution in [3.8, 4) is 0 Å². The summed E-state index contributed by atoms with van der Waals surface area (Å²) < 4.78 is 0. The van der Waals surface area contributed by atoms with E-state index in [0.717, 1.165) is 50.5 Å². The number of amides is 2. The lowest BCUT2D eigenvalue weighted by molar-refractivity contribution is 0.0952. The van der Waals surface area contributed by atoms with Gasteiger partial charge in [0.1, 0.15) is 0 Å². The van der Waals surface area contributed by atoms with Gasteiger partial charge in [-0.25, -0.2) is 0 Å². The zero-order chi connectivity index (χ0) is 27.8. The summed E-state index contributed by atoms with van der Waals surface area (Å²) in [4.78, 5) is 33.0. The topological polar surface area (TPSA) is 67.9 Å². The lowest BCUT2D eigenvalue weighted by Crippen LogP contribution is -2.48. The molecule has 0 aromatic heterocycles. The maximum absolute atomic E-state index is 13.1. The Bertz CT molecular complexity index is 1270. The summed E-state index contributed by atoms with van der Waals surface area (Å²) in [6, 6.07) is 19.9. The Morgan fingerprint density at radius 1 is 0.846 bits per heavy atom. The van der Waals surface area contributed by atoms with Gasteiger partial charge in [0.05, 0.1) is 11.4 Å². The SMILES string of the molecule is CN(C)CCN1CCN(c2ccc(C(=O)NCCc3ccc(Cl)cc3)cc2NC(=O)c2cccc(Cl)c2)CC1. The van der Waals surface area contributed by atoms with E-state index in [1.54, 1.807) is 30.3 Å². The number of rotatable bonds is 10. The zero-order valence-electron chi connectivity index (χ0n) is 22.4. The van der Waals surface area contributed by atoms with Crippen molar-refractivity contribution in [1.82, 2.24) is 15.1 Å². The molecule has 4 rings (SSSR count). The summed E-state index contributed by atoms with van der Waals surface area (Å²) in [6.45, 7) is 6.06. The molecule has 0 saturated carbocycles. The van der Waals surface area contributed by atoms with Crippen LogP contribution in [0.5, 0.6) is 0 Å². The molecule has 1 heterocycles. The van der Waals surface area contributed by atoms with Crippen LogP contribution in [0, 0.1) is 0 Å². The van der Waals surface area contributed by atoms with Crippen LogP contribution in [0.2, 0.25) is 10.0 Å². The average Bonchev–Trinajstić information content (AvgIpc) is 2.93. The van der Waals surface area contributed by atoms with Crippen molar-refractivity contribution in [3.63, 3.8) is 0 Å². The highest BCUT2D eigenvalue weighted by molar-refractivity contribution is 6.31. The summed E-state index contributed by atoms with van der Waals surface area (Å²) >= 11 is 12.1. The van der Waals surface area contributed by atoms with Crippen molar-refractivity contribution in [3.05, 3.63) is 93.5 Å². The molecule has 0 atom stereocenters. The number of anilines is 2. The maximum atomic E-state index is 13.1. The van der Waals surface area contributed by atoms with Gasteiger partial charge in [-0.05, 0) is 74.6 Å². The summed E-state index contributed by atoms with van der Waals surface area (Å²) in [5.74, 6) is -0.467. The van der Waals surface area contributed by atoms with Crippen LogP contribution in [0.1, 0.15) is 26.3 Å². The number of carbonyl (C=O) groups excluding carboxylic acids is 2. The van der Waals surface area contributed by atoms with E-state index in [-0.39, 0.29) is 11.8 Å². The second kappa shape index (κ2) is 13.8. The van der Waals surface area contributed by atoms with E-state index in [2.05, 4.69) is 39.4 Å². The summed E-state index contributed by atoms with van der Waals surface area (Å²) in [5.41, 5.74) is 3.54. The van der Waals surface area contributed by atoms with Crippen LogP contribution in [0.15, 0.2) is 66.7 Å². The normalized spacial score (nSPS) is 13.9. The van der Waals surface area contributed by atoms with E-state index in [1.807, 2.05) is 36.4 Å². The van der Waals surface area contributed by atoms with E-state index in [1.165, 1.54) is 0 Å². The van der Waals surface area contributed by atoms with E-state index in [9.17, 15) is 9.59 Å². The summed E-state index contributed by atoms with van der Waals surface area (Å²) in [5, 5.41) is 7.19. The predicted octanol–water partition coefficient (Wildman–Crippen LogP) is 4.90. The summed E-state index contributed by atoms with van der Waals surface area (Å²) in [6.07, 6.45) is 0.692. The Morgan fingerprint density at radius 3 is 2.26 bits per heavy atom. The van der Waals surface area contributed by atoms with Gasteiger partial charge < -0.3 is 20.4 Å². The Kier molecular flexibility index (Phi) is 10.2. The lowest BCUT2D eigenvalue weighted by atomic mass is 10.1. The Balaban J connectivity index is 1.48. The first-order valence-electron chi connectivity index (χ1n) is 13.1. The molecule has 1 aliphatic rings. The molecule has 0 unspecified atom stereocenters. The second-order valence-electron chi connectivity index (χ2n) is 9.96. The Morgan fingerprint density at radius 2 is 1.56 bits per heavy atom. The molecule has 2 amide bonds. The van der Waals surface area contributed by atoms with Gasteiger partial charge in [0.25, 0.3) is 11.8 Å². The van der Waals surface area contributed by atoms with E-state index < -0.39 is 0 Å². The first-order valence-corrected chi connectivity index (χ1v) is 13.9. The van der Waals surface area contributed by atoms with Crippen LogP contribution in [0.4, 0.5) is 11.4 Å². The number of benzene rings is 3. The van der Waals surface area contributed by atoms with Gasteiger partial charge in [0.2, 0.25) is 0 Å². The fraction of sp³-hybridized carbons (Fsp3) is 0.333. The minimum Gasteiger partial charge on any atom is -0.367 e. The molecule has 3 aromatic rings. The molecule has 1 fully saturated rings. The standard InChI is InChI=1S/C30H35Cl2N5O2/c1-35(2)14-15-36-16-18-37(19-17-36)28-11-8-24(29(38)33-13-12-22-6-9-25(31)10-7-22)21-27(28)34-30(39)23-4-3-5-26(32)20-23/h3-11,20-21H,12-19H2,1-2H3,(H,33,38)(H,34,39). The fourth-order valence-electron chi connectivity index (χ4n) is 4.50. The van der Waals surface area contributed by atoms with Gasteiger partial charge in [-0.1, -0.05) is 41.4 Å². The molecule has 0 bridgehead atoms.